The highest BCUT2D eigenvalue weighted by Crippen LogP contribution is 2.42. The Bertz CT molecular complexity index is 1070. The number of amides is 1. The predicted octanol–water partition coefficient (Wildman–Crippen LogP) is 4.09. The van der Waals surface area contributed by atoms with Crippen molar-refractivity contribution < 1.29 is 4.79 Å². The van der Waals surface area contributed by atoms with E-state index in [1.54, 1.807) is 0 Å². The minimum atomic E-state index is -0.116. The summed E-state index contributed by atoms with van der Waals surface area (Å²) in [6, 6.07) is 16.6. The molecule has 3 aromatic rings. The number of carbonyl (C=O) groups is 1. The number of carbonyl (C=O) groups excluding carboxylic acids is 1. The van der Waals surface area contributed by atoms with Crippen molar-refractivity contribution in [2.75, 3.05) is 19.6 Å². The summed E-state index contributed by atoms with van der Waals surface area (Å²) >= 11 is 3.47. The lowest BCUT2D eigenvalue weighted by Gasteiger charge is -2.28. The van der Waals surface area contributed by atoms with Crippen LogP contribution in [0, 0.1) is 0 Å². The molecule has 1 N–H and O–H groups in total. The van der Waals surface area contributed by atoms with Gasteiger partial charge in [0.05, 0.1) is 11.4 Å². The topological polar surface area (TPSA) is 63.1 Å². The number of fused-ring (bicyclic) bond motifs is 1. The summed E-state index contributed by atoms with van der Waals surface area (Å²) < 4.78 is 2.84. The van der Waals surface area contributed by atoms with Gasteiger partial charge in [-0.15, -0.1) is 5.10 Å². The SMILES string of the molecule is O=C(NCCCN1CCc2ccccc2C1)c1nnn(-c2ccc(Br)cc2)c1C1CC1. The molecule has 7 heteroatoms. The molecule has 6 nitrogen and oxygen atoms in total. The third-order valence-electron chi connectivity index (χ3n) is 6.10. The van der Waals surface area contributed by atoms with Gasteiger partial charge in [0.25, 0.3) is 5.91 Å². The van der Waals surface area contributed by atoms with Crippen molar-refractivity contribution in [3.63, 3.8) is 0 Å². The number of nitrogens with zero attached hydrogens (tertiary/aromatic N) is 4. The molecular formula is C24H26BrN5O. The van der Waals surface area contributed by atoms with Gasteiger partial charge in [-0.25, -0.2) is 4.68 Å². The number of rotatable bonds is 7. The summed E-state index contributed by atoms with van der Waals surface area (Å²) in [7, 11) is 0. The third-order valence-corrected chi connectivity index (χ3v) is 6.63. The average Bonchev–Trinajstić information content (AvgIpc) is 3.54. The van der Waals surface area contributed by atoms with Crippen LogP contribution in [0.3, 0.4) is 0 Å². The minimum absolute atomic E-state index is 0.116. The summed E-state index contributed by atoms with van der Waals surface area (Å²) in [5.41, 5.74) is 5.23. The van der Waals surface area contributed by atoms with E-state index in [-0.39, 0.29) is 5.91 Å². The van der Waals surface area contributed by atoms with E-state index in [1.807, 2.05) is 28.9 Å². The smallest absolute Gasteiger partial charge is 0.273 e. The van der Waals surface area contributed by atoms with Gasteiger partial charge in [0.2, 0.25) is 0 Å². The van der Waals surface area contributed by atoms with Gasteiger partial charge in [-0.3, -0.25) is 9.69 Å². The summed E-state index contributed by atoms with van der Waals surface area (Å²) in [4.78, 5) is 15.3. The van der Waals surface area contributed by atoms with Gasteiger partial charge in [-0.1, -0.05) is 45.4 Å². The van der Waals surface area contributed by atoms with E-state index in [0.717, 1.165) is 61.2 Å². The van der Waals surface area contributed by atoms with Crippen LogP contribution < -0.4 is 5.32 Å². The fourth-order valence-electron chi connectivity index (χ4n) is 4.28. The Morgan fingerprint density at radius 3 is 2.65 bits per heavy atom. The molecule has 1 saturated carbocycles. The quantitative estimate of drug-likeness (QED) is 0.518. The lowest BCUT2D eigenvalue weighted by molar-refractivity contribution is 0.0945. The van der Waals surface area contributed by atoms with Crippen molar-refractivity contribution >= 4 is 21.8 Å². The first kappa shape index (κ1) is 20.4. The molecule has 1 fully saturated rings. The summed E-state index contributed by atoms with van der Waals surface area (Å²) in [5, 5.41) is 11.6. The van der Waals surface area contributed by atoms with Gasteiger partial charge in [0.1, 0.15) is 0 Å². The van der Waals surface area contributed by atoms with Crippen molar-refractivity contribution in [2.45, 2.75) is 38.1 Å². The van der Waals surface area contributed by atoms with Gasteiger partial charge >= 0.3 is 0 Å². The van der Waals surface area contributed by atoms with E-state index in [2.05, 4.69) is 60.7 Å². The number of benzene rings is 2. The van der Waals surface area contributed by atoms with Gasteiger partial charge in [-0.2, -0.15) is 0 Å². The maximum atomic E-state index is 12.9. The molecule has 31 heavy (non-hydrogen) atoms. The van der Waals surface area contributed by atoms with E-state index in [1.165, 1.54) is 11.1 Å². The van der Waals surface area contributed by atoms with Crippen LogP contribution in [0.1, 0.15) is 52.5 Å². The number of hydrogen-bond acceptors (Lipinski definition) is 4. The molecule has 0 radical (unpaired) electrons. The Balaban J connectivity index is 1.18. The van der Waals surface area contributed by atoms with Crippen LogP contribution in [-0.4, -0.2) is 45.4 Å². The van der Waals surface area contributed by atoms with Gasteiger partial charge < -0.3 is 5.32 Å². The zero-order chi connectivity index (χ0) is 21.2. The highest BCUT2D eigenvalue weighted by Gasteiger charge is 2.34. The fraction of sp³-hybridized carbons (Fsp3) is 0.375. The maximum absolute atomic E-state index is 12.9. The van der Waals surface area contributed by atoms with Crippen molar-refractivity contribution in [2.24, 2.45) is 0 Å². The standard InChI is InChI=1S/C24H26BrN5O/c25-20-8-10-21(11-9-20)30-23(18-6-7-18)22(27-28-30)24(31)26-13-3-14-29-15-12-17-4-1-2-5-19(17)16-29/h1-2,4-5,8-11,18H,3,6-7,12-16H2,(H,26,31). The molecule has 160 valence electrons. The Morgan fingerprint density at radius 1 is 1.10 bits per heavy atom. The molecule has 1 amide bonds. The van der Waals surface area contributed by atoms with Crippen LogP contribution in [0.15, 0.2) is 53.0 Å². The molecule has 1 aliphatic heterocycles. The second-order valence-corrected chi connectivity index (χ2v) is 9.31. The van der Waals surface area contributed by atoms with Crippen molar-refractivity contribution in [3.8, 4) is 5.69 Å². The van der Waals surface area contributed by atoms with Crippen LogP contribution in [0.4, 0.5) is 0 Å². The second-order valence-electron chi connectivity index (χ2n) is 8.39. The van der Waals surface area contributed by atoms with Crippen molar-refractivity contribution in [1.82, 2.24) is 25.2 Å². The minimum Gasteiger partial charge on any atom is -0.351 e. The molecule has 0 spiro atoms. The van der Waals surface area contributed by atoms with Crippen LogP contribution in [0.2, 0.25) is 0 Å². The Hall–Kier alpha value is -2.51. The zero-order valence-electron chi connectivity index (χ0n) is 17.4. The molecule has 0 unspecified atom stereocenters. The summed E-state index contributed by atoms with van der Waals surface area (Å²) in [6.07, 6.45) is 4.20. The lowest BCUT2D eigenvalue weighted by Crippen LogP contribution is -2.34. The van der Waals surface area contributed by atoms with Crippen LogP contribution in [-0.2, 0) is 13.0 Å². The van der Waals surface area contributed by atoms with Crippen LogP contribution >= 0.6 is 15.9 Å². The lowest BCUT2D eigenvalue weighted by atomic mass is 10.00. The van der Waals surface area contributed by atoms with E-state index in [0.29, 0.717) is 18.2 Å². The molecule has 0 saturated heterocycles. The molecule has 1 aromatic heterocycles. The first-order chi connectivity index (χ1) is 15.2. The molecule has 2 aromatic carbocycles. The normalized spacial score (nSPS) is 16.2. The van der Waals surface area contributed by atoms with E-state index >= 15 is 0 Å². The highest BCUT2D eigenvalue weighted by atomic mass is 79.9. The fourth-order valence-corrected chi connectivity index (χ4v) is 4.54. The zero-order valence-corrected chi connectivity index (χ0v) is 19.0. The van der Waals surface area contributed by atoms with Crippen LogP contribution in [0.5, 0.6) is 0 Å². The van der Waals surface area contributed by atoms with Gasteiger partial charge in [-0.05, 0) is 61.1 Å². The largest absolute Gasteiger partial charge is 0.351 e. The molecule has 1 aliphatic carbocycles. The van der Waals surface area contributed by atoms with E-state index in [9.17, 15) is 4.79 Å². The molecular weight excluding hydrogens is 454 g/mol. The Labute approximate surface area is 190 Å². The molecule has 5 rings (SSSR count). The molecule has 0 atom stereocenters. The maximum Gasteiger partial charge on any atom is 0.273 e. The number of aromatic nitrogens is 3. The predicted molar refractivity (Wildman–Crippen MR) is 123 cm³/mol. The van der Waals surface area contributed by atoms with Crippen molar-refractivity contribution in [3.05, 3.63) is 75.5 Å². The van der Waals surface area contributed by atoms with E-state index < -0.39 is 0 Å². The second kappa shape index (κ2) is 8.93. The van der Waals surface area contributed by atoms with E-state index in [4.69, 9.17) is 0 Å². The van der Waals surface area contributed by atoms with Gasteiger partial charge in [0.15, 0.2) is 5.69 Å². The molecule has 2 heterocycles. The third kappa shape index (κ3) is 4.57. The van der Waals surface area contributed by atoms with Gasteiger partial charge in [0, 0.05) is 36.6 Å². The molecule has 2 aliphatic rings. The summed E-state index contributed by atoms with van der Waals surface area (Å²) in [5.74, 6) is 0.252. The van der Waals surface area contributed by atoms with Crippen LogP contribution in [0.25, 0.3) is 5.69 Å². The number of halogens is 1. The first-order valence-electron chi connectivity index (χ1n) is 11.0. The highest BCUT2D eigenvalue weighted by molar-refractivity contribution is 9.10. The molecule has 0 bridgehead atoms. The first-order valence-corrected chi connectivity index (χ1v) is 11.8. The summed E-state index contributed by atoms with van der Waals surface area (Å²) in [6.45, 7) is 3.71. The Kier molecular flexibility index (Phi) is 5.87. The van der Waals surface area contributed by atoms with Crippen molar-refractivity contribution in [1.29, 1.82) is 0 Å². The Morgan fingerprint density at radius 2 is 1.87 bits per heavy atom. The average molecular weight is 480 g/mol. The monoisotopic (exact) mass is 479 g/mol. The number of hydrogen-bond donors (Lipinski definition) is 1. The number of nitrogens with one attached hydrogen (secondary N) is 1.